The van der Waals surface area contributed by atoms with Gasteiger partial charge in [-0.15, -0.1) is 0 Å². The Morgan fingerprint density at radius 2 is 1.54 bits per heavy atom. The van der Waals surface area contributed by atoms with Crippen molar-refractivity contribution in [2.75, 3.05) is 24.6 Å². The molecule has 1 saturated heterocycles. The molecule has 1 heterocycles. The van der Waals surface area contributed by atoms with Crippen LogP contribution in [-0.2, 0) is 27.4 Å². The van der Waals surface area contributed by atoms with Gasteiger partial charge in [0.05, 0.1) is 17.2 Å². The average Bonchev–Trinajstić information content (AvgIpc) is 3.45. The van der Waals surface area contributed by atoms with Crippen LogP contribution in [0.4, 0.5) is 21.0 Å². The van der Waals surface area contributed by atoms with Crippen LogP contribution < -0.4 is 9.33 Å². The number of hydrogen-bond donors (Lipinski definition) is 0. The van der Waals surface area contributed by atoms with Crippen molar-refractivity contribution in [1.29, 1.82) is 0 Å². The number of nitro benzene ring substituents is 1. The number of imide groups is 1. The van der Waals surface area contributed by atoms with Gasteiger partial charge in [0.2, 0.25) is 0 Å². The first-order valence-electron chi connectivity index (χ1n) is 15.5. The first-order valence-corrected chi connectivity index (χ1v) is 18.4. The minimum Gasteiger partial charge on any atom is -0.543 e. The fraction of sp³-hybridized carbons (Fsp3) is 0.545. The third kappa shape index (κ3) is 9.29. The highest BCUT2D eigenvalue weighted by atomic mass is 28.4. The highest BCUT2D eigenvalue weighted by Crippen LogP contribution is 2.41. The molecular formula is C33H47N3O9Si. The van der Waals surface area contributed by atoms with Gasteiger partial charge < -0.3 is 18.6 Å². The Bertz CT molecular complexity index is 1420. The van der Waals surface area contributed by atoms with E-state index in [0.717, 1.165) is 30.8 Å². The van der Waals surface area contributed by atoms with Crippen LogP contribution >= 0.6 is 0 Å². The SMILES string of the molecule is CCOC(=O)c1c(O[Si](C)(C)C(C)(C)C)ccc(N(C(=O)OCc2ccc([N+](=O)[O-])cc2)C(=O)OC(C)(C)C)c1CN1CCCC1. The van der Waals surface area contributed by atoms with Crippen molar-refractivity contribution >= 4 is 37.8 Å². The second-order valence-electron chi connectivity index (χ2n) is 13.8. The second-order valence-corrected chi connectivity index (χ2v) is 18.5. The molecule has 0 N–H and O–H groups in total. The van der Waals surface area contributed by atoms with Crippen LogP contribution in [0.3, 0.4) is 0 Å². The molecule has 1 aliphatic heterocycles. The van der Waals surface area contributed by atoms with Crippen molar-refractivity contribution in [2.45, 2.75) is 98.2 Å². The fourth-order valence-electron chi connectivity index (χ4n) is 4.59. The van der Waals surface area contributed by atoms with Crippen LogP contribution in [0.2, 0.25) is 18.1 Å². The number of ether oxygens (including phenoxy) is 3. The number of nitrogens with zero attached hydrogens (tertiary/aromatic N) is 3. The summed E-state index contributed by atoms with van der Waals surface area (Å²) in [7, 11) is -2.45. The Morgan fingerprint density at radius 3 is 2.07 bits per heavy atom. The lowest BCUT2D eigenvalue weighted by Crippen LogP contribution is -2.44. The van der Waals surface area contributed by atoms with E-state index in [4.69, 9.17) is 18.6 Å². The van der Waals surface area contributed by atoms with Gasteiger partial charge in [-0.05, 0) is 102 Å². The zero-order valence-electron chi connectivity index (χ0n) is 28.4. The van der Waals surface area contributed by atoms with E-state index in [1.807, 2.05) is 0 Å². The molecule has 2 amide bonds. The molecule has 13 heteroatoms. The largest absolute Gasteiger partial charge is 0.543 e. The van der Waals surface area contributed by atoms with E-state index in [0.29, 0.717) is 16.9 Å². The Kier molecular flexibility index (Phi) is 11.6. The number of benzene rings is 2. The monoisotopic (exact) mass is 657 g/mol. The van der Waals surface area contributed by atoms with Gasteiger partial charge in [-0.2, -0.15) is 4.90 Å². The maximum Gasteiger partial charge on any atom is 0.424 e. The van der Waals surface area contributed by atoms with Gasteiger partial charge in [0.1, 0.15) is 23.5 Å². The van der Waals surface area contributed by atoms with E-state index in [9.17, 15) is 24.5 Å². The Balaban J connectivity index is 2.19. The standard InChI is InChI=1S/C33H47N3O9Si/c1-10-42-29(37)28-25(21-34-19-11-12-20-34)26(17-18-27(28)45-46(8,9)33(5,6)7)35(31(39)44-32(2,3)4)30(38)43-22-23-13-15-24(16-14-23)36(40)41/h13-18H,10-12,19-22H2,1-9H3. The van der Waals surface area contributed by atoms with Crippen LogP contribution in [0.25, 0.3) is 0 Å². The van der Waals surface area contributed by atoms with E-state index in [1.54, 1.807) is 39.8 Å². The molecule has 46 heavy (non-hydrogen) atoms. The lowest BCUT2D eigenvalue weighted by molar-refractivity contribution is -0.384. The van der Waals surface area contributed by atoms with Crippen molar-refractivity contribution in [3.63, 3.8) is 0 Å². The molecule has 1 aliphatic rings. The lowest BCUT2D eigenvalue weighted by Gasteiger charge is -2.37. The zero-order valence-corrected chi connectivity index (χ0v) is 29.4. The van der Waals surface area contributed by atoms with E-state index >= 15 is 0 Å². The topological polar surface area (TPSA) is 138 Å². The van der Waals surface area contributed by atoms with E-state index in [1.165, 1.54) is 24.3 Å². The van der Waals surface area contributed by atoms with Gasteiger partial charge in [-0.25, -0.2) is 14.4 Å². The Labute approximate surface area is 272 Å². The molecule has 0 aliphatic carbocycles. The predicted octanol–water partition coefficient (Wildman–Crippen LogP) is 7.83. The fourth-order valence-corrected chi connectivity index (χ4v) is 5.62. The third-order valence-corrected chi connectivity index (χ3v) is 12.3. The molecule has 2 aromatic rings. The summed E-state index contributed by atoms with van der Waals surface area (Å²) < 4.78 is 23.4. The Hall–Kier alpha value is -3.97. The maximum atomic E-state index is 13.8. The molecule has 3 rings (SSSR count). The highest BCUT2D eigenvalue weighted by molar-refractivity contribution is 6.74. The number of non-ortho nitro benzene ring substituents is 1. The van der Waals surface area contributed by atoms with Crippen LogP contribution in [0.1, 0.15) is 82.8 Å². The summed E-state index contributed by atoms with van der Waals surface area (Å²) in [6, 6.07) is 8.71. The van der Waals surface area contributed by atoms with Crippen LogP contribution in [0.5, 0.6) is 5.75 Å². The summed E-state index contributed by atoms with van der Waals surface area (Å²) in [4.78, 5) is 54.7. The number of esters is 1. The molecule has 0 saturated carbocycles. The van der Waals surface area contributed by atoms with E-state index in [2.05, 4.69) is 38.8 Å². The number of carbonyl (C=O) groups is 3. The minimum atomic E-state index is -2.45. The molecule has 0 spiro atoms. The molecular weight excluding hydrogens is 610 g/mol. The summed E-state index contributed by atoms with van der Waals surface area (Å²) in [5.74, 6) is -0.304. The molecule has 2 aromatic carbocycles. The number of hydrogen-bond acceptors (Lipinski definition) is 10. The van der Waals surface area contributed by atoms with Crippen molar-refractivity contribution in [1.82, 2.24) is 4.90 Å². The zero-order chi connectivity index (χ0) is 34.4. The quantitative estimate of drug-likeness (QED) is 0.0817. The van der Waals surface area contributed by atoms with Gasteiger partial charge in [-0.1, -0.05) is 20.8 Å². The van der Waals surface area contributed by atoms with Gasteiger partial charge in [0.15, 0.2) is 0 Å². The number of amides is 2. The van der Waals surface area contributed by atoms with Crippen molar-refractivity contribution in [3.8, 4) is 5.75 Å². The molecule has 0 bridgehead atoms. The summed E-state index contributed by atoms with van der Waals surface area (Å²) in [5, 5.41) is 10.9. The molecule has 0 unspecified atom stereocenters. The smallest absolute Gasteiger partial charge is 0.424 e. The normalized spacial score (nSPS) is 14.0. The molecule has 0 atom stereocenters. The van der Waals surface area contributed by atoms with Gasteiger partial charge >= 0.3 is 18.2 Å². The number of likely N-dealkylation sites (tertiary alicyclic amines) is 1. The maximum absolute atomic E-state index is 13.8. The number of anilines is 1. The van der Waals surface area contributed by atoms with Gasteiger partial charge in [-0.3, -0.25) is 15.0 Å². The van der Waals surface area contributed by atoms with Crippen LogP contribution in [-0.4, -0.2) is 61.6 Å². The number of rotatable bonds is 10. The van der Waals surface area contributed by atoms with Crippen molar-refractivity contribution < 1.29 is 37.9 Å². The van der Waals surface area contributed by atoms with Crippen molar-refractivity contribution in [3.05, 3.63) is 63.2 Å². The van der Waals surface area contributed by atoms with Crippen molar-refractivity contribution in [2.24, 2.45) is 0 Å². The van der Waals surface area contributed by atoms with Crippen LogP contribution in [0.15, 0.2) is 36.4 Å². The number of carbonyl (C=O) groups excluding carboxylic acids is 3. The summed E-state index contributed by atoms with van der Waals surface area (Å²) >= 11 is 0. The molecule has 0 aromatic heterocycles. The van der Waals surface area contributed by atoms with Gasteiger partial charge in [0.25, 0.3) is 14.0 Å². The summed E-state index contributed by atoms with van der Waals surface area (Å²) in [6.45, 7) is 18.8. The minimum absolute atomic E-state index is 0.108. The molecule has 12 nitrogen and oxygen atoms in total. The molecule has 252 valence electrons. The third-order valence-electron chi connectivity index (χ3n) is 7.99. The summed E-state index contributed by atoms with van der Waals surface area (Å²) in [6.07, 6.45) is -0.0888. The average molecular weight is 658 g/mol. The lowest BCUT2D eigenvalue weighted by atomic mass is 10.0. The Morgan fingerprint density at radius 1 is 0.935 bits per heavy atom. The number of nitro groups is 1. The molecule has 0 radical (unpaired) electrons. The van der Waals surface area contributed by atoms with Crippen LogP contribution in [0, 0.1) is 10.1 Å². The second kappa shape index (κ2) is 14.6. The highest BCUT2D eigenvalue weighted by Gasteiger charge is 2.41. The van der Waals surface area contributed by atoms with Gasteiger partial charge in [0, 0.05) is 24.2 Å². The molecule has 1 fully saturated rings. The summed E-state index contributed by atoms with van der Waals surface area (Å²) in [5.41, 5.74) is 0.0514. The van der Waals surface area contributed by atoms with E-state index in [-0.39, 0.29) is 41.7 Å². The van der Waals surface area contributed by atoms with E-state index < -0.39 is 37.0 Å². The first-order chi connectivity index (χ1) is 21.3. The first kappa shape index (κ1) is 36.5. The predicted molar refractivity (Wildman–Crippen MR) is 177 cm³/mol.